The van der Waals surface area contributed by atoms with E-state index in [0.29, 0.717) is 34.0 Å². The van der Waals surface area contributed by atoms with Gasteiger partial charge in [0.25, 0.3) is 0 Å². The lowest BCUT2D eigenvalue weighted by Gasteiger charge is -2.14. The summed E-state index contributed by atoms with van der Waals surface area (Å²) in [5.41, 5.74) is 1.53. The highest BCUT2D eigenvalue weighted by Gasteiger charge is 2.22. The van der Waals surface area contributed by atoms with Crippen molar-refractivity contribution in [3.63, 3.8) is 0 Å². The lowest BCUT2D eigenvalue weighted by molar-refractivity contribution is -0.115. The van der Waals surface area contributed by atoms with Gasteiger partial charge >= 0.3 is 0 Å². The molecule has 0 aliphatic heterocycles. The monoisotopic (exact) mass is 402 g/mol. The largest absolute Gasteiger partial charge is 0.461 e. The number of thioether (sulfide) groups is 1. The summed E-state index contributed by atoms with van der Waals surface area (Å²) in [6.45, 7) is 7.97. The maximum Gasteiger partial charge on any atom is 0.237 e. The van der Waals surface area contributed by atoms with Crippen molar-refractivity contribution in [3.05, 3.63) is 59.8 Å². The Morgan fingerprint density at radius 1 is 1.41 bits per heavy atom. The second-order valence-electron chi connectivity index (χ2n) is 5.84. The van der Waals surface area contributed by atoms with E-state index in [4.69, 9.17) is 16.0 Å². The Kier molecular flexibility index (Phi) is 6.03. The summed E-state index contributed by atoms with van der Waals surface area (Å²) in [5.74, 6) is 1.07. The molecule has 1 N–H and O–H groups in total. The molecule has 1 atom stereocenters. The fraction of sp³-hybridized carbons (Fsp3) is 0.211. The van der Waals surface area contributed by atoms with Crippen molar-refractivity contribution in [1.82, 2.24) is 14.8 Å². The average Bonchev–Trinajstić information content (AvgIpc) is 3.30. The molecule has 1 aromatic carbocycles. The minimum Gasteiger partial charge on any atom is -0.461 e. The Morgan fingerprint density at radius 3 is 2.93 bits per heavy atom. The van der Waals surface area contributed by atoms with Crippen molar-refractivity contribution in [2.24, 2.45) is 0 Å². The fourth-order valence-corrected chi connectivity index (χ4v) is 3.48. The molecule has 2 heterocycles. The third kappa shape index (κ3) is 4.26. The van der Waals surface area contributed by atoms with E-state index in [1.807, 2.05) is 30.5 Å². The van der Waals surface area contributed by atoms with Crippen LogP contribution < -0.4 is 5.32 Å². The topological polar surface area (TPSA) is 73.0 Å². The summed E-state index contributed by atoms with van der Waals surface area (Å²) in [6.07, 6.45) is 3.33. The number of carbonyl (C=O) groups is 1. The SMILES string of the molecule is C=CCn1c(SC(C)C(=O)Nc2cccc(Cl)c2C)nnc1-c1ccco1. The Hall–Kier alpha value is -2.51. The number of halogens is 1. The molecular formula is C19H19ClN4O2S. The third-order valence-corrected chi connectivity index (χ3v) is 5.44. The number of benzene rings is 1. The van der Waals surface area contributed by atoms with Crippen LogP contribution in [-0.4, -0.2) is 25.9 Å². The van der Waals surface area contributed by atoms with E-state index < -0.39 is 0 Å². The molecule has 27 heavy (non-hydrogen) atoms. The van der Waals surface area contributed by atoms with Crippen molar-refractivity contribution in [2.75, 3.05) is 5.32 Å². The Labute approximate surface area is 166 Å². The third-order valence-electron chi connectivity index (χ3n) is 3.95. The van der Waals surface area contributed by atoms with Crippen LogP contribution in [0.4, 0.5) is 5.69 Å². The van der Waals surface area contributed by atoms with E-state index in [-0.39, 0.29) is 11.2 Å². The Bertz CT molecular complexity index is 953. The number of nitrogens with zero attached hydrogens (tertiary/aromatic N) is 3. The van der Waals surface area contributed by atoms with Crippen LogP contribution >= 0.6 is 23.4 Å². The summed E-state index contributed by atoms with van der Waals surface area (Å²) in [7, 11) is 0. The van der Waals surface area contributed by atoms with Crippen LogP contribution in [0, 0.1) is 6.92 Å². The van der Waals surface area contributed by atoms with Gasteiger partial charge in [0, 0.05) is 17.3 Å². The molecule has 2 aromatic heterocycles. The van der Waals surface area contributed by atoms with Gasteiger partial charge in [-0.3, -0.25) is 9.36 Å². The number of aromatic nitrogens is 3. The second-order valence-corrected chi connectivity index (χ2v) is 7.56. The first-order chi connectivity index (χ1) is 13.0. The Morgan fingerprint density at radius 2 is 2.22 bits per heavy atom. The predicted octanol–water partition coefficient (Wildman–Crippen LogP) is 4.81. The average molecular weight is 403 g/mol. The van der Waals surface area contributed by atoms with Crippen molar-refractivity contribution in [3.8, 4) is 11.6 Å². The van der Waals surface area contributed by atoms with Gasteiger partial charge < -0.3 is 9.73 Å². The number of hydrogen-bond acceptors (Lipinski definition) is 5. The lowest BCUT2D eigenvalue weighted by atomic mass is 10.2. The first kappa shape index (κ1) is 19.3. The smallest absolute Gasteiger partial charge is 0.237 e. The highest BCUT2D eigenvalue weighted by Crippen LogP contribution is 2.29. The number of rotatable bonds is 7. The van der Waals surface area contributed by atoms with E-state index in [0.717, 1.165) is 5.56 Å². The zero-order valence-corrected chi connectivity index (χ0v) is 16.5. The van der Waals surface area contributed by atoms with Crippen LogP contribution in [0.2, 0.25) is 5.02 Å². The zero-order chi connectivity index (χ0) is 19.4. The van der Waals surface area contributed by atoms with Gasteiger partial charge in [0.2, 0.25) is 11.7 Å². The molecule has 3 rings (SSSR count). The number of allylic oxidation sites excluding steroid dienone is 1. The highest BCUT2D eigenvalue weighted by molar-refractivity contribution is 8.00. The van der Waals surface area contributed by atoms with Crippen LogP contribution in [0.3, 0.4) is 0 Å². The minimum absolute atomic E-state index is 0.141. The first-order valence-electron chi connectivity index (χ1n) is 8.32. The van der Waals surface area contributed by atoms with Gasteiger partial charge in [0.05, 0.1) is 11.5 Å². The van der Waals surface area contributed by atoms with E-state index >= 15 is 0 Å². The molecule has 0 radical (unpaired) electrons. The molecule has 140 valence electrons. The molecule has 3 aromatic rings. The van der Waals surface area contributed by atoms with Gasteiger partial charge in [-0.1, -0.05) is 35.5 Å². The number of nitrogens with one attached hydrogen (secondary N) is 1. The minimum atomic E-state index is -0.388. The maximum atomic E-state index is 12.6. The van der Waals surface area contributed by atoms with Crippen LogP contribution in [0.25, 0.3) is 11.6 Å². The molecule has 0 saturated carbocycles. The molecule has 0 aliphatic rings. The number of hydrogen-bond donors (Lipinski definition) is 1. The normalized spacial score (nSPS) is 12.0. The molecule has 8 heteroatoms. The number of furan rings is 1. The van der Waals surface area contributed by atoms with E-state index in [9.17, 15) is 4.79 Å². The predicted molar refractivity (Wildman–Crippen MR) is 108 cm³/mol. The maximum absolute atomic E-state index is 12.6. The van der Waals surface area contributed by atoms with Gasteiger partial charge in [-0.15, -0.1) is 16.8 Å². The van der Waals surface area contributed by atoms with Crippen LogP contribution in [0.1, 0.15) is 12.5 Å². The molecular weight excluding hydrogens is 384 g/mol. The summed E-state index contributed by atoms with van der Waals surface area (Å²) >= 11 is 7.44. The van der Waals surface area contributed by atoms with Gasteiger partial charge in [-0.25, -0.2) is 0 Å². The highest BCUT2D eigenvalue weighted by atomic mass is 35.5. The Balaban J connectivity index is 1.77. The lowest BCUT2D eigenvalue weighted by Crippen LogP contribution is -2.23. The molecule has 0 aliphatic carbocycles. The van der Waals surface area contributed by atoms with Gasteiger partial charge in [0.15, 0.2) is 10.9 Å². The van der Waals surface area contributed by atoms with Gasteiger partial charge in [0.1, 0.15) is 0 Å². The van der Waals surface area contributed by atoms with Crippen molar-refractivity contribution in [2.45, 2.75) is 30.8 Å². The number of amides is 1. The van der Waals surface area contributed by atoms with Gasteiger partial charge in [-0.05, 0) is 43.7 Å². The van der Waals surface area contributed by atoms with E-state index in [1.54, 1.807) is 30.5 Å². The zero-order valence-electron chi connectivity index (χ0n) is 15.0. The van der Waals surface area contributed by atoms with Crippen LogP contribution in [0.5, 0.6) is 0 Å². The summed E-state index contributed by atoms with van der Waals surface area (Å²) in [4.78, 5) is 12.6. The molecule has 0 fully saturated rings. The number of anilines is 1. The molecule has 6 nitrogen and oxygen atoms in total. The molecule has 0 spiro atoms. The van der Waals surface area contributed by atoms with Crippen molar-refractivity contribution in [1.29, 1.82) is 0 Å². The molecule has 0 saturated heterocycles. The summed E-state index contributed by atoms with van der Waals surface area (Å²) < 4.78 is 7.28. The van der Waals surface area contributed by atoms with E-state index in [2.05, 4.69) is 22.1 Å². The molecule has 0 bridgehead atoms. The quantitative estimate of drug-likeness (QED) is 0.453. The van der Waals surface area contributed by atoms with E-state index in [1.165, 1.54) is 11.8 Å². The van der Waals surface area contributed by atoms with Crippen LogP contribution in [-0.2, 0) is 11.3 Å². The van der Waals surface area contributed by atoms with Crippen molar-refractivity contribution >= 4 is 35.0 Å². The summed E-state index contributed by atoms with van der Waals surface area (Å²) in [6, 6.07) is 9.03. The fourth-order valence-electron chi connectivity index (χ4n) is 2.45. The van der Waals surface area contributed by atoms with Gasteiger partial charge in [-0.2, -0.15) is 0 Å². The van der Waals surface area contributed by atoms with Crippen LogP contribution in [0.15, 0.2) is 58.8 Å². The molecule has 1 unspecified atom stereocenters. The summed E-state index contributed by atoms with van der Waals surface area (Å²) in [5, 5.41) is 12.2. The van der Waals surface area contributed by atoms with Crippen molar-refractivity contribution < 1.29 is 9.21 Å². The molecule has 1 amide bonds. The number of carbonyl (C=O) groups excluding carboxylic acids is 1. The standard InChI is InChI=1S/C19H19ClN4O2S/c1-4-10-24-17(16-9-6-11-26-16)22-23-19(24)27-13(3)18(25)21-15-8-5-7-14(20)12(15)2/h4-9,11,13H,1,10H2,2-3H3,(H,21,25). The second kappa shape index (κ2) is 8.45. The first-order valence-corrected chi connectivity index (χ1v) is 9.57.